The minimum atomic E-state index is 0.658. The van der Waals surface area contributed by atoms with Crippen LogP contribution in [0.25, 0.3) is 88.4 Å². The molecular formula is C44H28N4. The smallest absolute Gasteiger partial charge is 0.235 e. The molecule has 0 fully saturated rings. The summed E-state index contributed by atoms with van der Waals surface area (Å²) >= 11 is 0. The van der Waals surface area contributed by atoms with Crippen LogP contribution in [0.1, 0.15) is 0 Å². The third-order valence-corrected chi connectivity index (χ3v) is 9.57. The topological polar surface area (TPSA) is 35.6 Å². The number of hydrogen-bond acceptors (Lipinski definition) is 2. The maximum absolute atomic E-state index is 5.36. The van der Waals surface area contributed by atoms with Crippen molar-refractivity contribution in [2.75, 3.05) is 0 Å². The molecule has 0 radical (unpaired) electrons. The SMILES string of the molecule is c1ccc(-n2ccc3ccc4c(c5ccccc5n4-c4nc(-c5ccc(-c6cccc7ccccc67)cc5)c5ccccc5n4)c32)cc1. The fourth-order valence-corrected chi connectivity index (χ4v) is 7.37. The molecule has 3 heterocycles. The summed E-state index contributed by atoms with van der Waals surface area (Å²) in [6, 6.07) is 57.9. The van der Waals surface area contributed by atoms with Crippen LogP contribution in [0, 0.1) is 0 Å². The van der Waals surface area contributed by atoms with Crippen molar-refractivity contribution in [3.05, 3.63) is 170 Å². The van der Waals surface area contributed by atoms with Gasteiger partial charge in [0.2, 0.25) is 5.95 Å². The van der Waals surface area contributed by atoms with Gasteiger partial charge in [0.15, 0.2) is 0 Å². The number of fused-ring (bicyclic) bond motifs is 7. The quantitative estimate of drug-likeness (QED) is 0.198. The van der Waals surface area contributed by atoms with E-state index in [-0.39, 0.29) is 0 Å². The molecule has 0 aliphatic heterocycles. The van der Waals surface area contributed by atoms with E-state index >= 15 is 0 Å². The summed E-state index contributed by atoms with van der Waals surface area (Å²) in [6.45, 7) is 0. The Balaban J connectivity index is 1.20. The lowest BCUT2D eigenvalue weighted by molar-refractivity contribution is 1.01. The van der Waals surface area contributed by atoms with E-state index in [0.717, 1.165) is 38.9 Å². The molecule has 0 unspecified atom stereocenters. The van der Waals surface area contributed by atoms with Crippen LogP contribution in [0.15, 0.2) is 170 Å². The molecule has 7 aromatic carbocycles. The standard InChI is InChI=1S/C44H28N4/c1-2-13-33(14-3-1)47-28-27-32-25-26-40-41(43(32)47)37-17-7-9-20-39(37)48(40)44-45-38-19-8-6-16-36(38)42(46-44)31-23-21-30(22-24-31)35-18-10-12-29-11-4-5-15-34(29)35/h1-28H. The van der Waals surface area contributed by atoms with Crippen molar-refractivity contribution in [3.63, 3.8) is 0 Å². The first kappa shape index (κ1) is 26.7. The molecule has 48 heavy (non-hydrogen) atoms. The van der Waals surface area contributed by atoms with Crippen molar-refractivity contribution < 1.29 is 0 Å². The zero-order valence-electron chi connectivity index (χ0n) is 26.0. The molecule has 4 nitrogen and oxygen atoms in total. The Morgan fingerprint density at radius 1 is 0.438 bits per heavy atom. The number of hydrogen-bond donors (Lipinski definition) is 0. The predicted molar refractivity (Wildman–Crippen MR) is 199 cm³/mol. The summed E-state index contributed by atoms with van der Waals surface area (Å²) in [4.78, 5) is 10.6. The predicted octanol–water partition coefficient (Wildman–Crippen LogP) is 11.2. The van der Waals surface area contributed by atoms with E-state index in [1.165, 1.54) is 43.6 Å². The summed E-state index contributed by atoms with van der Waals surface area (Å²) in [6.07, 6.45) is 2.16. The van der Waals surface area contributed by atoms with E-state index in [1.807, 2.05) is 0 Å². The van der Waals surface area contributed by atoms with Crippen LogP contribution in [0.2, 0.25) is 0 Å². The lowest BCUT2D eigenvalue weighted by atomic mass is 9.96. The molecular weight excluding hydrogens is 585 g/mol. The van der Waals surface area contributed by atoms with Crippen LogP contribution in [-0.4, -0.2) is 19.1 Å². The first-order valence-corrected chi connectivity index (χ1v) is 16.3. The highest BCUT2D eigenvalue weighted by Crippen LogP contribution is 2.39. The van der Waals surface area contributed by atoms with E-state index in [9.17, 15) is 0 Å². The van der Waals surface area contributed by atoms with E-state index in [0.29, 0.717) is 5.95 Å². The van der Waals surface area contributed by atoms with Gasteiger partial charge in [-0.25, -0.2) is 9.97 Å². The summed E-state index contributed by atoms with van der Waals surface area (Å²) in [5.74, 6) is 0.658. The molecule has 0 amide bonds. The van der Waals surface area contributed by atoms with Crippen molar-refractivity contribution in [3.8, 4) is 34.0 Å². The summed E-state index contributed by atoms with van der Waals surface area (Å²) in [5.41, 5.74) is 9.76. The first-order valence-electron chi connectivity index (χ1n) is 16.3. The second kappa shape index (κ2) is 10.5. The molecule has 10 rings (SSSR count). The molecule has 3 aromatic heterocycles. The van der Waals surface area contributed by atoms with Gasteiger partial charge in [-0.3, -0.25) is 4.57 Å². The van der Waals surface area contributed by atoms with Crippen molar-refractivity contribution in [2.45, 2.75) is 0 Å². The fourth-order valence-electron chi connectivity index (χ4n) is 7.37. The maximum atomic E-state index is 5.36. The highest BCUT2D eigenvalue weighted by Gasteiger charge is 2.20. The van der Waals surface area contributed by atoms with Gasteiger partial charge in [-0.2, -0.15) is 0 Å². The van der Waals surface area contributed by atoms with E-state index < -0.39 is 0 Å². The van der Waals surface area contributed by atoms with Crippen molar-refractivity contribution >= 4 is 54.4 Å². The molecule has 0 bridgehead atoms. The largest absolute Gasteiger partial charge is 0.316 e. The van der Waals surface area contributed by atoms with Gasteiger partial charge >= 0.3 is 0 Å². The van der Waals surface area contributed by atoms with E-state index in [2.05, 4.69) is 179 Å². The third kappa shape index (κ3) is 4.03. The number of aromatic nitrogens is 4. The second-order valence-electron chi connectivity index (χ2n) is 12.3. The van der Waals surface area contributed by atoms with Crippen LogP contribution >= 0.6 is 0 Å². The van der Waals surface area contributed by atoms with Gasteiger partial charge in [-0.05, 0) is 58.3 Å². The minimum absolute atomic E-state index is 0.658. The fraction of sp³-hybridized carbons (Fsp3) is 0. The minimum Gasteiger partial charge on any atom is -0.316 e. The summed E-state index contributed by atoms with van der Waals surface area (Å²) < 4.78 is 4.52. The Labute approximate surface area is 276 Å². The monoisotopic (exact) mass is 612 g/mol. The zero-order chi connectivity index (χ0) is 31.6. The van der Waals surface area contributed by atoms with Crippen LogP contribution in [0.4, 0.5) is 0 Å². The normalized spacial score (nSPS) is 11.8. The Hall–Kier alpha value is -6.52. The van der Waals surface area contributed by atoms with Crippen LogP contribution in [0.5, 0.6) is 0 Å². The van der Waals surface area contributed by atoms with Crippen molar-refractivity contribution in [1.29, 1.82) is 0 Å². The molecule has 0 saturated carbocycles. The third-order valence-electron chi connectivity index (χ3n) is 9.57. The molecule has 224 valence electrons. The molecule has 0 atom stereocenters. The van der Waals surface area contributed by atoms with E-state index in [1.54, 1.807) is 0 Å². The number of nitrogens with zero attached hydrogens (tertiary/aromatic N) is 4. The Kier molecular flexibility index (Phi) is 5.84. The highest BCUT2D eigenvalue weighted by molar-refractivity contribution is 6.20. The maximum Gasteiger partial charge on any atom is 0.235 e. The Bertz CT molecular complexity index is 2820. The summed E-state index contributed by atoms with van der Waals surface area (Å²) in [7, 11) is 0. The number of para-hydroxylation sites is 3. The van der Waals surface area contributed by atoms with Gasteiger partial charge in [-0.1, -0.05) is 127 Å². The van der Waals surface area contributed by atoms with Gasteiger partial charge in [-0.15, -0.1) is 0 Å². The first-order chi connectivity index (χ1) is 23.8. The molecule has 0 aliphatic carbocycles. The van der Waals surface area contributed by atoms with Crippen LogP contribution < -0.4 is 0 Å². The lowest BCUT2D eigenvalue weighted by Gasteiger charge is -2.13. The summed E-state index contributed by atoms with van der Waals surface area (Å²) in [5, 5.41) is 7.08. The number of benzene rings is 7. The Morgan fingerprint density at radius 3 is 2.02 bits per heavy atom. The van der Waals surface area contributed by atoms with Crippen LogP contribution in [-0.2, 0) is 0 Å². The van der Waals surface area contributed by atoms with Crippen molar-refractivity contribution in [2.24, 2.45) is 0 Å². The second-order valence-corrected chi connectivity index (χ2v) is 12.3. The lowest BCUT2D eigenvalue weighted by Crippen LogP contribution is -2.03. The Morgan fingerprint density at radius 2 is 1.15 bits per heavy atom. The molecule has 4 heteroatoms. The van der Waals surface area contributed by atoms with Gasteiger partial charge in [0.1, 0.15) is 0 Å². The zero-order valence-corrected chi connectivity index (χ0v) is 26.0. The van der Waals surface area contributed by atoms with Gasteiger partial charge < -0.3 is 4.57 Å². The molecule has 0 N–H and O–H groups in total. The van der Waals surface area contributed by atoms with Gasteiger partial charge in [0, 0.05) is 39.0 Å². The highest BCUT2D eigenvalue weighted by atomic mass is 15.2. The number of rotatable bonds is 4. The van der Waals surface area contributed by atoms with E-state index in [4.69, 9.17) is 9.97 Å². The van der Waals surface area contributed by atoms with Gasteiger partial charge in [0.05, 0.1) is 27.8 Å². The molecule has 0 saturated heterocycles. The van der Waals surface area contributed by atoms with Crippen LogP contribution in [0.3, 0.4) is 0 Å². The average molecular weight is 613 g/mol. The van der Waals surface area contributed by atoms with Gasteiger partial charge in [0.25, 0.3) is 0 Å². The van der Waals surface area contributed by atoms with Crippen molar-refractivity contribution in [1.82, 2.24) is 19.1 Å². The molecule has 10 aromatic rings. The average Bonchev–Trinajstić information content (AvgIpc) is 3.74. The molecule has 0 aliphatic rings. The molecule has 0 spiro atoms.